The van der Waals surface area contributed by atoms with Crippen LogP contribution in [0.3, 0.4) is 0 Å². The number of carbonyl (C=O) groups excluding carboxylic acids is 3. The van der Waals surface area contributed by atoms with Crippen molar-refractivity contribution < 1.29 is 23.5 Å². The van der Waals surface area contributed by atoms with Crippen molar-refractivity contribution in [2.75, 3.05) is 11.9 Å². The van der Waals surface area contributed by atoms with E-state index in [4.69, 9.17) is 4.74 Å². The van der Waals surface area contributed by atoms with Gasteiger partial charge in [0.1, 0.15) is 5.82 Å². The highest BCUT2D eigenvalue weighted by atomic mass is 19.1. The Morgan fingerprint density at radius 3 is 2.62 bits per heavy atom. The summed E-state index contributed by atoms with van der Waals surface area (Å²) in [5, 5.41) is 5.29. The van der Waals surface area contributed by atoms with Crippen LogP contribution in [0.5, 0.6) is 0 Å². The van der Waals surface area contributed by atoms with Crippen LogP contribution in [0.1, 0.15) is 18.4 Å². The van der Waals surface area contributed by atoms with Crippen LogP contribution < -0.4 is 10.6 Å². The summed E-state index contributed by atoms with van der Waals surface area (Å²) >= 11 is 0. The smallest absolute Gasteiger partial charge is 0.326 e. The Labute approximate surface area is 166 Å². The summed E-state index contributed by atoms with van der Waals surface area (Å²) in [7, 11) is 0. The average molecular weight is 397 g/mol. The van der Waals surface area contributed by atoms with Gasteiger partial charge in [-0.2, -0.15) is 0 Å². The number of hydrogen-bond donors (Lipinski definition) is 3. The van der Waals surface area contributed by atoms with E-state index in [2.05, 4.69) is 10.3 Å². The van der Waals surface area contributed by atoms with Gasteiger partial charge in [0.05, 0.1) is 5.69 Å². The second kappa shape index (κ2) is 9.50. The number of carbonyl (C=O) groups is 3. The van der Waals surface area contributed by atoms with E-state index >= 15 is 0 Å². The molecule has 0 saturated heterocycles. The largest absolute Gasteiger partial charge is 0.456 e. The molecule has 0 fully saturated rings. The quantitative estimate of drug-likeness (QED) is 0.531. The molecule has 8 heteroatoms. The minimum atomic E-state index is -0.907. The lowest BCUT2D eigenvalue weighted by molar-refractivity contribution is -0.148. The molecule has 29 heavy (non-hydrogen) atoms. The molecule has 0 aliphatic carbocycles. The predicted octanol–water partition coefficient (Wildman–Crippen LogP) is 3.52. The third kappa shape index (κ3) is 5.65. The molecule has 1 heterocycles. The molecule has 3 rings (SSSR count). The Morgan fingerprint density at radius 2 is 1.79 bits per heavy atom. The number of anilines is 1. The number of imide groups is 1. The number of benzene rings is 2. The molecule has 3 amide bonds. The van der Waals surface area contributed by atoms with Gasteiger partial charge in [-0.3, -0.25) is 14.9 Å². The highest BCUT2D eigenvalue weighted by Crippen LogP contribution is 2.19. The van der Waals surface area contributed by atoms with Gasteiger partial charge in [0, 0.05) is 23.5 Å². The van der Waals surface area contributed by atoms with Crippen molar-refractivity contribution in [3.8, 4) is 0 Å². The number of halogens is 1. The highest BCUT2D eigenvalue weighted by Gasteiger charge is 2.13. The molecule has 7 nitrogen and oxygen atoms in total. The lowest BCUT2D eigenvalue weighted by atomic mass is 10.1. The van der Waals surface area contributed by atoms with Gasteiger partial charge in [-0.1, -0.05) is 30.3 Å². The number of hydrogen-bond acceptors (Lipinski definition) is 4. The number of aromatic amines is 1. The number of urea groups is 1. The van der Waals surface area contributed by atoms with Gasteiger partial charge in [0.2, 0.25) is 0 Å². The van der Waals surface area contributed by atoms with Crippen molar-refractivity contribution in [1.29, 1.82) is 0 Å². The van der Waals surface area contributed by atoms with E-state index < -0.39 is 30.3 Å². The van der Waals surface area contributed by atoms with Crippen LogP contribution in [-0.2, 0) is 20.7 Å². The zero-order valence-electron chi connectivity index (χ0n) is 15.5. The fourth-order valence-electron chi connectivity index (χ4n) is 2.86. The SMILES string of the molecule is O=C(COC(=O)CCCc1c[nH]c2ccccc12)NC(=O)Nc1ccccc1F. The molecule has 0 radical (unpaired) electrons. The molecule has 0 unspecified atom stereocenters. The summed E-state index contributed by atoms with van der Waals surface area (Å²) in [6.45, 7) is -0.587. The molecular weight excluding hydrogens is 377 g/mol. The Balaban J connectivity index is 1.36. The van der Waals surface area contributed by atoms with Crippen molar-refractivity contribution in [3.05, 3.63) is 66.1 Å². The fourth-order valence-corrected chi connectivity index (χ4v) is 2.86. The van der Waals surface area contributed by atoms with Crippen LogP contribution in [0.2, 0.25) is 0 Å². The monoisotopic (exact) mass is 397 g/mol. The standard InChI is InChI=1S/C21H20FN3O4/c22-16-8-2-4-10-18(16)24-21(28)25-19(26)13-29-20(27)11-5-6-14-12-23-17-9-3-1-7-15(14)17/h1-4,7-10,12,23H,5-6,11,13H2,(H2,24,25,26,28). The van der Waals surface area contributed by atoms with Gasteiger partial charge in [-0.05, 0) is 36.6 Å². The number of ether oxygens (including phenoxy) is 1. The zero-order valence-corrected chi connectivity index (χ0v) is 15.5. The molecule has 3 aromatic rings. The summed E-state index contributed by atoms with van der Waals surface area (Å²) in [5.41, 5.74) is 2.08. The molecule has 0 spiro atoms. The maximum absolute atomic E-state index is 13.4. The molecule has 0 atom stereocenters. The summed E-state index contributed by atoms with van der Waals surface area (Å²) in [6, 6.07) is 12.5. The van der Waals surface area contributed by atoms with Gasteiger partial charge < -0.3 is 15.0 Å². The number of nitrogens with one attached hydrogen (secondary N) is 3. The second-order valence-corrected chi connectivity index (χ2v) is 6.36. The molecule has 0 saturated carbocycles. The van der Waals surface area contributed by atoms with Crippen LogP contribution in [0.4, 0.5) is 14.9 Å². The zero-order chi connectivity index (χ0) is 20.6. The van der Waals surface area contributed by atoms with Crippen molar-refractivity contribution in [1.82, 2.24) is 10.3 Å². The average Bonchev–Trinajstić information content (AvgIpc) is 3.11. The normalized spacial score (nSPS) is 10.5. The van der Waals surface area contributed by atoms with Crippen LogP contribution in [0, 0.1) is 5.82 Å². The van der Waals surface area contributed by atoms with E-state index in [0.29, 0.717) is 12.8 Å². The van der Waals surface area contributed by atoms with Gasteiger partial charge in [-0.15, -0.1) is 0 Å². The number of rotatable bonds is 7. The molecule has 2 aromatic carbocycles. The minimum absolute atomic E-state index is 0.0629. The topological polar surface area (TPSA) is 100 Å². The van der Waals surface area contributed by atoms with E-state index in [0.717, 1.165) is 16.5 Å². The second-order valence-electron chi connectivity index (χ2n) is 6.36. The van der Waals surface area contributed by atoms with Crippen LogP contribution >= 0.6 is 0 Å². The van der Waals surface area contributed by atoms with Gasteiger partial charge >= 0.3 is 12.0 Å². The molecule has 150 valence electrons. The Morgan fingerprint density at radius 1 is 1.03 bits per heavy atom. The maximum Gasteiger partial charge on any atom is 0.326 e. The molecule has 1 aromatic heterocycles. The molecule has 0 aliphatic rings. The molecular formula is C21H20FN3O4. The van der Waals surface area contributed by atoms with E-state index in [1.807, 2.05) is 35.8 Å². The number of aryl methyl sites for hydroxylation is 1. The first-order valence-electron chi connectivity index (χ1n) is 9.09. The first-order chi connectivity index (χ1) is 14.0. The fraction of sp³-hybridized carbons (Fsp3) is 0.190. The van der Waals surface area contributed by atoms with Gasteiger partial charge in [0.15, 0.2) is 6.61 Å². The number of fused-ring (bicyclic) bond motifs is 1. The molecule has 3 N–H and O–H groups in total. The summed E-state index contributed by atoms with van der Waals surface area (Å²) < 4.78 is 18.3. The van der Waals surface area contributed by atoms with Crippen LogP contribution in [-0.4, -0.2) is 29.5 Å². The minimum Gasteiger partial charge on any atom is -0.456 e. The third-order valence-corrected chi connectivity index (χ3v) is 4.24. The van der Waals surface area contributed by atoms with E-state index in [1.54, 1.807) is 6.07 Å². The van der Waals surface area contributed by atoms with E-state index in [9.17, 15) is 18.8 Å². The Kier molecular flexibility index (Phi) is 6.57. The maximum atomic E-state index is 13.4. The Bertz CT molecular complexity index is 1030. The van der Waals surface area contributed by atoms with Crippen LogP contribution in [0.15, 0.2) is 54.7 Å². The highest BCUT2D eigenvalue weighted by molar-refractivity contribution is 6.01. The van der Waals surface area contributed by atoms with Crippen LogP contribution in [0.25, 0.3) is 10.9 Å². The number of H-pyrrole nitrogens is 1. The van der Waals surface area contributed by atoms with Gasteiger partial charge in [-0.25, -0.2) is 9.18 Å². The predicted molar refractivity (Wildman–Crippen MR) is 106 cm³/mol. The first-order valence-corrected chi connectivity index (χ1v) is 9.09. The van der Waals surface area contributed by atoms with Crippen molar-refractivity contribution in [2.24, 2.45) is 0 Å². The summed E-state index contributed by atoms with van der Waals surface area (Å²) in [6.07, 6.45) is 3.32. The van der Waals surface area contributed by atoms with Crippen molar-refractivity contribution >= 4 is 34.5 Å². The summed E-state index contributed by atoms with van der Waals surface area (Å²) in [5.74, 6) is -1.96. The first kappa shape index (κ1) is 20.1. The Hall–Kier alpha value is -3.68. The lowest BCUT2D eigenvalue weighted by Crippen LogP contribution is -2.37. The molecule has 0 bridgehead atoms. The summed E-state index contributed by atoms with van der Waals surface area (Å²) in [4.78, 5) is 38.3. The van der Waals surface area contributed by atoms with Crippen molar-refractivity contribution in [3.63, 3.8) is 0 Å². The molecule has 0 aliphatic heterocycles. The van der Waals surface area contributed by atoms with Crippen molar-refractivity contribution in [2.45, 2.75) is 19.3 Å². The van der Waals surface area contributed by atoms with E-state index in [-0.39, 0.29) is 12.1 Å². The van der Waals surface area contributed by atoms with Gasteiger partial charge in [0.25, 0.3) is 5.91 Å². The third-order valence-electron chi connectivity index (χ3n) is 4.24. The number of para-hydroxylation sites is 2. The van der Waals surface area contributed by atoms with E-state index in [1.165, 1.54) is 18.2 Å². The number of amides is 3. The lowest BCUT2D eigenvalue weighted by Gasteiger charge is -2.08. The number of aromatic nitrogens is 1. The number of esters is 1.